The molecule has 6 aliphatic rings. The number of likely N-dealkylation sites (N-methyl/N-ethyl adjacent to an activating group) is 1. The molecule has 1 saturated heterocycles. The molecule has 61 heavy (non-hydrogen) atoms. The molecule has 4 bridgehead atoms. The van der Waals surface area contributed by atoms with Crippen LogP contribution in [0.4, 0.5) is 5.13 Å². The van der Waals surface area contributed by atoms with Gasteiger partial charge < -0.3 is 40.9 Å². The molecule has 1 aromatic carbocycles. The summed E-state index contributed by atoms with van der Waals surface area (Å²) >= 11 is 1.47. The number of nitrogens with zero attached hydrogens (tertiary/aromatic N) is 5. The van der Waals surface area contributed by atoms with Crippen molar-refractivity contribution in [3.63, 3.8) is 0 Å². The van der Waals surface area contributed by atoms with Crippen molar-refractivity contribution in [2.75, 3.05) is 33.3 Å². The van der Waals surface area contributed by atoms with Crippen LogP contribution in [-0.2, 0) is 16.1 Å². The molecule has 0 radical (unpaired) electrons. The van der Waals surface area contributed by atoms with Gasteiger partial charge in [-0.05, 0) is 111 Å². The number of aliphatic carboxylic acids is 1. The summed E-state index contributed by atoms with van der Waals surface area (Å²) in [6.45, 7) is 16.1. The summed E-state index contributed by atoms with van der Waals surface area (Å²) in [6, 6.07) is 7.85. The molecule has 3 aromatic rings. The zero-order valence-electron chi connectivity index (χ0n) is 36.8. The Morgan fingerprint density at radius 2 is 1.79 bits per heavy atom. The number of dihydropyridines is 1. The van der Waals surface area contributed by atoms with Crippen molar-refractivity contribution in [1.29, 1.82) is 5.41 Å². The second-order valence-corrected chi connectivity index (χ2v) is 19.7. The van der Waals surface area contributed by atoms with Crippen LogP contribution in [0.5, 0.6) is 0 Å². The number of carboxylic acid groups (broad SMARTS) is 1. The van der Waals surface area contributed by atoms with Crippen LogP contribution in [0.15, 0.2) is 76.2 Å². The lowest BCUT2D eigenvalue weighted by Gasteiger charge is -2.69. The number of hydrogen-bond donors (Lipinski definition) is 7. The number of aliphatic hydroxyl groups excluding tert-OH is 1. The number of ether oxygens (including phenoxy) is 1. The number of aliphatic hydroxyl groups is 2. The molecule has 9 rings (SSSR count). The van der Waals surface area contributed by atoms with Crippen molar-refractivity contribution >= 4 is 49.9 Å². The molecule has 2 aliphatic heterocycles. The van der Waals surface area contributed by atoms with Crippen LogP contribution in [0.2, 0.25) is 0 Å². The van der Waals surface area contributed by atoms with E-state index in [-0.39, 0.29) is 39.8 Å². The van der Waals surface area contributed by atoms with Crippen molar-refractivity contribution in [3.8, 4) is 0 Å². The molecule has 15 heteroatoms. The van der Waals surface area contributed by atoms with Crippen molar-refractivity contribution in [3.05, 3.63) is 82.5 Å². The topological polar surface area (TPSA) is 200 Å². The first kappa shape index (κ1) is 44.1. The third-order valence-corrected chi connectivity index (χ3v) is 14.3. The lowest BCUT2D eigenvalue weighted by Crippen LogP contribution is -3.09. The highest BCUT2D eigenvalue weighted by Gasteiger charge is 2.66. The second kappa shape index (κ2) is 17.1. The van der Waals surface area contributed by atoms with E-state index in [4.69, 9.17) is 20.7 Å². The first-order valence-corrected chi connectivity index (χ1v) is 22.6. The molecule has 4 aliphatic carbocycles. The zero-order valence-corrected chi connectivity index (χ0v) is 37.6. The van der Waals surface area contributed by atoms with E-state index < -0.39 is 11.9 Å². The van der Waals surface area contributed by atoms with Crippen molar-refractivity contribution < 1.29 is 29.8 Å². The molecule has 4 saturated carbocycles. The van der Waals surface area contributed by atoms with Gasteiger partial charge in [-0.3, -0.25) is 14.9 Å². The fraction of sp³-hybridized carbons (Fsp3) is 0.543. The van der Waals surface area contributed by atoms with Crippen molar-refractivity contribution in [2.24, 2.45) is 27.0 Å². The fourth-order valence-corrected chi connectivity index (χ4v) is 12.8. The number of fused-ring (bicyclic) bond motifs is 1. The molecule has 4 heterocycles. The second-order valence-electron chi connectivity index (χ2n) is 18.7. The minimum absolute atomic E-state index is 0.00110. The average Bonchev–Trinajstić information content (AvgIpc) is 3.77. The Labute approximate surface area is 363 Å². The Bertz CT molecular complexity index is 2300. The maximum Gasteiger partial charge on any atom is 0.309 e. The monoisotopic (exact) mass is 854 g/mol. The maximum atomic E-state index is 11.1. The molecular formula is C46H64N9O5S+. The summed E-state index contributed by atoms with van der Waals surface area (Å²) in [7, 11) is 2.03. The number of amidine groups is 2. The number of aromatic nitrogens is 3. The Hall–Kier alpha value is -4.99. The number of allylic oxidation sites excluding steroid dienone is 3. The number of nitrogens with one attached hydrogen (secondary N) is 3. The predicted molar refractivity (Wildman–Crippen MR) is 241 cm³/mol. The highest BCUT2D eigenvalue weighted by Crippen LogP contribution is 2.72. The number of nitrogens with two attached hydrogens (primary N) is 1. The van der Waals surface area contributed by atoms with Crippen LogP contribution in [0, 0.1) is 28.6 Å². The molecule has 3 atom stereocenters. The van der Waals surface area contributed by atoms with E-state index in [1.807, 2.05) is 82.3 Å². The van der Waals surface area contributed by atoms with Crippen LogP contribution >= 0.6 is 11.3 Å². The van der Waals surface area contributed by atoms with Gasteiger partial charge in [0.2, 0.25) is 5.13 Å². The largest absolute Gasteiger partial charge is 0.481 e. The van der Waals surface area contributed by atoms with Gasteiger partial charge in [0.05, 0.1) is 48.6 Å². The standard InChI is InChI=1S/C44H57N9O5S.C2H6/c1-27(37(45)50-40-48-32-10-6-7-11-33(32)59-40)29-9-8-15-52(38(29)46)34-13-12-30(36(49-34)39(56)57)31-19-47-53(28(31)2)26-43-21-41(3)20-42(4,22-43)24-44(23-41,25-43)58-18-17-51(5)16-14-35(54)55;1-2/h6-7,10-13,19,46,49,56-57H,8-9,14-18,20-26H2,1-5H3,(H,54,55)(H2,45,48,50);1-2H3/p+1/b29-27-,46-38?;. The van der Waals surface area contributed by atoms with E-state index in [1.54, 1.807) is 0 Å². The van der Waals surface area contributed by atoms with Crippen LogP contribution in [0.3, 0.4) is 0 Å². The zero-order chi connectivity index (χ0) is 43.9. The van der Waals surface area contributed by atoms with E-state index in [2.05, 4.69) is 33.8 Å². The third kappa shape index (κ3) is 9.01. The van der Waals surface area contributed by atoms with Gasteiger partial charge in [-0.2, -0.15) is 5.10 Å². The highest BCUT2D eigenvalue weighted by molar-refractivity contribution is 7.22. The predicted octanol–water partition coefficient (Wildman–Crippen LogP) is 7.14. The number of thiazole rings is 1. The normalized spacial score (nSPS) is 28.5. The van der Waals surface area contributed by atoms with Crippen molar-refractivity contribution in [2.45, 2.75) is 111 Å². The van der Waals surface area contributed by atoms with E-state index >= 15 is 0 Å². The summed E-state index contributed by atoms with van der Waals surface area (Å²) in [6.07, 6.45) is 13.6. The molecule has 3 unspecified atom stereocenters. The minimum Gasteiger partial charge on any atom is -0.481 e. The van der Waals surface area contributed by atoms with E-state index in [0.717, 1.165) is 84.2 Å². The number of hydrogen-bond acceptors (Lipinski definition) is 10. The minimum atomic E-state index is -0.840. The van der Waals surface area contributed by atoms with Gasteiger partial charge in [-0.15, -0.1) is 0 Å². The number of carboxylic acids is 1. The number of likely N-dealkylation sites (tertiary alicyclic amines) is 1. The van der Waals surface area contributed by atoms with Crippen LogP contribution in [-0.4, -0.2) is 91.5 Å². The van der Waals surface area contributed by atoms with E-state index in [1.165, 1.54) is 22.7 Å². The number of piperidine rings is 1. The van der Waals surface area contributed by atoms with Gasteiger partial charge in [0, 0.05) is 35.5 Å². The summed E-state index contributed by atoms with van der Waals surface area (Å²) in [4.78, 5) is 23.3. The smallest absolute Gasteiger partial charge is 0.309 e. The highest BCUT2D eigenvalue weighted by atomic mass is 32.1. The molecule has 0 amide bonds. The summed E-state index contributed by atoms with van der Waals surface area (Å²) in [5.74, 6) is -0.457. The number of aliphatic imine (C=N–C) groups is 1. The maximum absolute atomic E-state index is 11.1. The molecule has 8 N–H and O–H groups in total. The SMILES string of the molecule is CC.CC(=C1\CCCN(C2=CC=C(c3cnn(CC45CC6(C)CC(C)(C4)CC(OCC[NH+](C)CCC(=O)O)(C6)C5)c3C)C(=C(O)O)N2)C1=N)/C(N)=N\c1nc2ccccc2s1. The fourth-order valence-electron chi connectivity index (χ4n) is 11.9. The van der Waals surface area contributed by atoms with Gasteiger partial charge in [-0.1, -0.05) is 51.2 Å². The van der Waals surface area contributed by atoms with Gasteiger partial charge in [0.25, 0.3) is 5.95 Å². The first-order valence-electron chi connectivity index (χ1n) is 21.8. The summed E-state index contributed by atoms with van der Waals surface area (Å²) in [5.41, 5.74) is 11.5. The number of carbonyl (C=O) groups is 1. The number of quaternary nitrogens is 1. The van der Waals surface area contributed by atoms with E-state index in [9.17, 15) is 20.4 Å². The first-order chi connectivity index (χ1) is 29.0. The quantitative estimate of drug-likeness (QED) is 0.0527. The van der Waals surface area contributed by atoms with Crippen LogP contribution in [0.25, 0.3) is 15.8 Å². The average molecular weight is 855 g/mol. The van der Waals surface area contributed by atoms with Gasteiger partial charge in [0.15, 0.2) is 0 Å². The van der Waals surface area contributed by atoms with Crippen LogP contribution < -0.4 is 16.0 Å². The number of para-hydroxylation sites is 1. The third-order valence-electron chi connectivity index (χ3n) is 13.4. The van der Waals surface area contributed by atoms with Crippen molar-refractivity contribution in [1.82, 2.24) is 25.0 Å². The lowest BCUT2D eigenvalue weighted by atomic mass is 9.39. The van der Waals surface area contributed by atoms with Gasteiger partial charge >= 0.3 is 5.97 Å². The number of benzene rings is 1. The molecule has 5 fully saturated rings. The molecule has 0 spiro atoms. The molecule has 2 aromatic heterocycles. The Morgan fingerprint density at radius 3 is 2.48 bits per heavy atom. The molecule has 14 nitrogen and oxygen atoms in total. The Balaban J connectivity index is 0.00000277. The summed E-state index contributed by atoms with van der Waals surface area (Å²) in [5, 5.41) is 48.4. The van der Waals surface area contributed by atoms with E-state index in [0.29, 0.717) is 48.5 Å². The number of rotatable bonds is 13. The Morgan fingerprint density at radius 1 is 1.07 bits per heavy atom. The lowest BCUT2D eigenvalue weighted by molar-refractivity contribution is -0.879. The van der Waals surface area contributed by atoms with Gasteiger partial charge in [0.1, 0.15) is 29.7 Å². The Kier molecular flexibility index (Phi) is 12.3. The van der Waals surface area contributed by atoms with Gasteiger partial charge in [-0.25, -0.2) is 9.98 Å². The summed E-state index contributed by atoms with van der Waals surface area (Å²) < 4.78 is 10.0. The van der Waals surface area contributed by atoms with Crippen LogP contribution in [0.1, 0.15) is 104 Å². The molecule has 328 valence electrons. The molecular weight excluding hydrogens is 791 g/mol.